The molecule has 0 aliphatic carbocycles. The van der Waals surface area contributed by atoms with E-state index in [1.165, 1.54) is 12.1 Å². The predicted octanol–water partition coefficient (Wildman–Crippen LogP) is 1.93. The van der Waals surface area contributed by atoms with E-state index in [2.05, 4.69) is 0 Å². The van der Waals surface area contributed by atoms with Crippen LogP contribution in [0.15, 0.2) is 60.1 Å². The number of phenols is 1. The largest absolute Gasteiger partial charge is 0.507 e. The third kappa shape index (κ3) is 5.18. The molecule has 35 heavy (non-hydrogen) atoms. The Morgan fingerprint density at radius 2 is 1.94 bits per heavy atom. The standard InChI is InChI=1S/C25H29FN4O5/c1-2-34-25(32)15-5-3-14(4-6-15)22-11-30(20-12-33-13-23(20)35-22)19(24(28)29)10-18(27)17-9-16(26)7-8-21(17)31/h3-10,20,22-23,31H,2,11-13,27-29H2,1H3/b18-10-. The van der Waals surface area contributed by atoms with Crippen molar-refractivity contribution >= 4 is 11.7 Å². The van der Waals surface area contributed by atoms with E-state index < -0.39 is 11.8 Å². The number of hydrogen-bond acceptors (Lipinski definition) is 9. The highest BCUT2D eigenvalue weighted by atomic mass is 19.1. The summed E-state index contributed by atoms with van der Waals surface area (Å²) in [5, 5.41) is 10.2. The van der Waals surface area contributed by atoms with Gasteiger partial charge in [-0.3, -0.25) is 0 Å². The third-order valence-electron chi connectivity index (χ3n) is 6.06. The quantitative estimate of drug-likeness (QED) is 0.357. The lowest BCUT2D eigenvalue weighted by atomic mass is 10.0. The molecule has 4 rings (SSSR count). The van der Waals surface area contributed by atoms with Crippen LogP contribution in [0, 0.1) is 5.82 Å². The molecule has 9 nitrogen and oxygen atoms in total. The molecule has 2 aromatic carbocycles. The predicted molar refractivity (Wildman–Crippen MR) is 127 cm³/mol. The molecule has 2 aliphatic heterocycles. The summed E-state index contributed by atoms with van der Waals surface area (Å²) in [5.41, 5.74) is 20.3. The number of phenolic OH excluding ortho intramolecular Hbond substituents is 1. The molecule has 0 bridgehead atoms. The number of carbonyl (C=O) groups is 1. The third-order valence-corrected chi connectivity index (χ3v) is 6.06. The zero-order valence-electron chi connectivity index (χ0n) is 19.3. The van der Waals surface area contributed by atoms with Gasteiger partial charge in [-0.1, -0.05) is 12.1 Å². The number of hydrogen-bond donors (Lipinski definition) is 4. The van der Waals surface area contributed by atoms with Crippen LogP contribution in [0.5, 0.6) is 5.75 Å². The lowest BCUT2D eigenvalue weighted by molar-refractivity contribution is -0.0921. The summed E-state index contributed by atoms with van der Waals surface area (Å²) in [5.74, 6) is -1.09. The van der Waals surface area contributed by atoms with Crippen molar-refractivity contribution in [2.75, 3.05) is 26.4 Å². The monoisotopic (exact) mass is 484 g/mol. The highest BCUT2D eigenvalue weighted by molar-refractivity contribution is 5.89. The van der Waals surface area contributed by atoms with Crippen molar-refractivity contribution in [3.8, 4) is 5.75 Å². The SMILES string of the molecule is CCOC(=O)c1ccc(C2CN(C(/C=C(\N)c3cc(F)ccc3O)=C(N)N)C3COCC3O2)cc1. The molecule has 2 saturated heterocycles. The maximum absolute atomic E-state index is 13.8. The number of allylic oxidation sites excluding steroid dienone is 1. The number of benzene rings is 2. The van der Waals surface area contributed by atoms with Crippen LogP contribution in [-0.2, 0) is 14.2 Å². The second-order valence-electron chi connectivity index (χ2n) is 8.36. The summed E-state index contributed by atoms with van der Waals surface area (Å²) < 4.78 is 30.8. The molecule has 0 amide bonds. The van der Waals surface area contributed by atoms with E-state index in [1.54, 1.807) is 19.1 Å². The smallest absolute Gasteiger partial charge is 0.338 e. The van der Waals surface area contributed by atoms with E-state index in [0.29, 0.717) is 37.6 Å². The van der Waals surface area contributed by atoms with E-state index in [4.69, 9.17) is 31.4 Å². The lowest BCUT2D eigenvalue weighted by Gasteiger charge is -2.43. The van der Waals surface area contributed by atoms with Crippen molar-refractivity contribution in [1.29, 1.82) is 0 Å². The number of morpholine rings is 1. The lowest BCUT2D eigenvalue weighted by Crippen LogP contribution is -2.51. The fourth-order valence-corrected chi connectivity index (χ4v) is 4.32. The maximum atomic E-state index is 13.8. The molecule has 7 N–H and O–H groups in total. The molecule has 0 aromatic heterocycles. The topological polar surface area (TPSA) is 146 Å². The first kappa shape index (κ1) is 24.4. The molecule has 10 heteroatoms. The number of esters is 1. The van der Waals surface area contributed by atoms with Crippen molar-refractivity contribution < 1.29 is 28.5 Å². The van der Waals surface area contributed by atoms with Gasteiger partial charge in [0.25, 0.3) is 0 Å². The molecule has 2 aliphatic rings. The van der Waals surface area contributed by atoms with Gasteiger partial charge < -0.3 is 41.4 Å². The Bertz CT molecular complexity index is 1150. The number of halogens is 1. The first-order valence-electron chi connectivity index (χ1n) is 11.3. The van der Waals surface area contributed by atoms with Gasteiger partial charge in [-0.15, -0.1) is 0 Å². The van der Waals surface area contributed by atoms with E-state index in [1.807, 2.05) is 17.0 Å². The molecule has 0 radical (unpaired) electrons. The van der Waals surface area contributed by atoms with Crippen LogP contribution < -0.4 is 17.2 Å². The number of carbonyl (C=O) groups excluding carboxylic acids is 1. The average Bonchev–Trinajstić information content (AvgIpc) is 3.32. The van der Waals surface area contributed by atoms with Gasteiger partial charge in [0, 0.05) is 17.8 Å². The van der Waals surface area contributed by atoms with Crippen molar-refractivity contribution in [3.05, 3.63) is 82.6 Å². The maximum Gasteiger partial charge on any atom is 0.338 e. The van der Waals surface area contributed by atoms with Gasteiger partial charge in [0.05, 0.1) is 37.1 Å². The Hall–Kier alpha value is -3.76. The minimum Gasteiger partial charge on any atom is -0.507 e. The Kier molecular flexibility index (Phi) is 7.13. The summed E-state index contributed by atoms with van der Waals surface area (Å²) in [4.78, 5) is 14.0. The van der Waals surface area contributed by atoms with Gasteiger partial charge in [0.1, 0.15) is 29.6 Å². The van der Waals surface area contributed by atoms with Gasteiger partial charge in [-0.05, 0) is 48.9 Å². The van der Waals surface area contributed by atoms with E-state index >= 15 is 0 Å². The summed E-state index contributed by atoms with van der Waals surface area (Å²) in [6, 6.07) is 10.3. The zero-order chi connectivity index (χ0) is 25.1. The van der Waals surface area contributed by atoms with Crippen molar-refractivity contribution in [2.24, 2.45) is 17.2 Å². The highest BCUT2D eigenvalue weighted by Gasteiger charge is 2.42. The molecule has 2 heterocycles. The Morgan fingerprint density at radius 3 is 2.63 bits per heavy atom. The normalized spacial score (nSPS) is 21.9. The van der Waals surface area contributed by atoms with Gasteiger partial charge in [-0.25, -0.2) is 9.18 Å². The molecule has 0 spiro atoms. The molecule has 3 unspecified atom stereocenters. The first-order chi connectivity index (χ1) is 16.8. The number of fused-ring (bicyclic) bond motifs is 1. The Morgan fingerprint density at radius 1 is 1.20 bits per heavy atom. The van der Waals surface area contributed by atoms with Crippen LogP contribution in [0.4, 0.5) is 4.39 Å². The molecular weight excluding hydrogens is 455 g/mol. The molecular formula is C25H29FN4O5. The minimum absolute atomic E-state index is 0.00722. The van der Waals surface area contributed by atoms with Crippen LogP contribution in [0.1, 0.15) is 34.5 Å². The van der Waals surface area contributed by atoms with E-state index in [0.717, 1.165) is 17.7 Å². The number of nitrogens with two attached hydrogens (primary N) is 3. The Labute approximate surface area is 202 Å². The Balaban J connectivity index is 1.64. The van der Waals surface area contributed by atoms with Gasteiger partial charge in [0.15, 0.2) is 0 Å². The first-order valence-corrected chi connectivity index (χ1v) is 11.3. The molecule has 3 atom stereocenters. The number of aromatic hydroxyl groups is 1. The zero-order valence-corrected chi connectivity index (χ0v) is 19.3. The van der Waals surface area contributed by atoms with Gasteiger partial charge >= 0.3 is 5.97 Å². The van der Waals surface area contributed by atoms with Crippen LogP contribution in [0.2, 0.25) is 0 Å². The van der Waals surface area contributed by atoms with Gasteiger partial charge in [-0.2, -0.15) is 0 Å². The van der Waals surface area contributed by atoms with Gasteiger partial charge in [0.2, 0.25) is 0 Å². The molecule has 0 saturated carbocycles. The molecule has 2 fully saturated rings. The van der Waals surface area contributed by atoms with Crippen LogP contribution in [-0.4, -0.2) is 54.5 Å². The molecule has 186 valence electrons. The summed E-state index contributed by atoms with van der Waals surface area (Å²) in [6.45, 7) is 3.20. The van der Waals surface area contributed by atoms with E-state index in [9.17, 15) is 14.3 Å². The van der Waals surface area contributed by atoms with Crippen LogP contribution >= 0.6 is 0 Å². The highest BCUT2D eigenvalue weighted by Crippen LogP contribution is 2.35. The number of rotatable bonds is 6. The number of nitrogens with zero attached hydrogens (tertiary/aromatic N) is 1. The fourth-order valence-electron chi connectivity index (χ4n) is 4.32. The minimum atomic E-state index is -0.539. The summed E-state index contributed by atoms with van der Waals surface area (Å²) in [7, 11) is 0. The number of ether oxygens (including phenoxy) is 3. The van der Waals surface area contributed by atoms with Crippen molar-refractivity contribution in [1.82, 2.24) is 4.90 Å². The van der Waals surface area contributed by atoms with E-state index in [-0.39, 0.29) is 41.1 Å². The summed E-state index contributed by atoms with van der Waals surface area (Å²) >= 11 is 0. The fraction of sp³-hybridized carbons (Fsp3) is 0.320. The summed E-state index contributed by atoms with van der Waals surface area (Å²) in [6.07, 6.45) is 0.886. The molecule has 2 aromatic rings. The van der Waals surface area contributed by atoms with Crippen molar-refractivity contribution in [3.63, 3.8) is 0 Å². The van der Waals surface area contributed by atoms with Crippen molar-refractivity contribution in [2.45, 2.75) is 25.2 Å². The average molecular weight is 485 g/mol. The van der Waals surface area contributed by atoms with Crippen LogP contribution in [0.25, 0.3) is 5.70 Å². The second kappa shape index (κ2) is 10.2. The van der Waals surface area contributed by atoms with Crippen LogP contribution in [0.3, 0.4) is 0 Å². The second-order valence-corrected chi connectivity index (χ2v) is 8.36.